The van der Waals surface area contributed by atoms with Crippen molar-refractivity contribution in [3.63, 3.8) is 0 Å². The SMILES string of the molecule is C=CC1=C(/C=C\C)c2ccc(C=C)c(/C=C\C=C\C)c2C1(O)O.CC.CC. The molecule has 0 atom stereocenters. The third-order valence-electron chi connectivity index (χ3n) is 3.91. The van der Waals surface area contributed by atoms with Gasteiger partial charge in [0.25, 0.3) is 0 Å². The van der Waals surface area contributed by atoms with Gasteiger partial charge in [0.1, 0.15) is 0 Å². The summed E-state index contributed by atoms with van der Waals surface area (Å²) in [5.74, 6) is -2.07. The van der Waals surface area contributed by atoms with E-state index >= 15 is 0 Å². The predicted molar refractivity (Wildman–Crippen MR) is 121 cm³/mol. The van der Waals surface area contributed by atoms with Crippen molar-refractivity contribution in [2.45, 2.75) is 47.3 Å². The summed E-state index contributed by atoms with van der Waals surface area (Å²) < 4.78 is 0. The molecule has 1 aromatic rings. The third-order valence-corrected chi connectivity index (χ3v) is 3.91. The fourth-order valence-corrected chi connectivity index (χ4v) is 2.92. The molecule has 2 nitrogen and oxygen atoms in total. The van der Waals surface area contributed by atoms with Crippen LogP contribution in [0.2, 0.25) is 0 Å². The van der Waals surface area contributed by atoms with Crippen molar-refractivity contribution in [2.24, 2.45) is 0 Å². The second kappa shape index (κ2) is 12.1. The van der Waals surface area contributed by atoms with E-state index in [1.807, 2.05) is 90.1 Å². The van der Waals surface area contributed by atoms with Gasteiger partial charge >= 0.3 is 0 Å². The molecule has 0 aliphatic heterocycles. The topological polar surface area (TPSA) is 40.5 Å². The molecule has 27 heavy (non-hydrogen) atoms. The number of hydrogen-bond acceptors (Lipinski definition) is 2. The first-order valence-electron chi connectivity index (χ1n) is 9.57. The van der Waals surface area contributed by atoms with Crippen LogP contribution in [0.3, 0.4) is 0 Å². The standard InChI is InChI=1S/C21H22O2.2C2H6/c1-5-9-10-12-16-15(7-3)13-14-18-17(11-6-2)19(8-4)21(22,23)20(16)18;2*1-2/h5-14,22-23H,3-4H2,1-2H3;2*1-2H3/b9-5+,11-6-,12-10-;;. The van der Waals surface area contributed by atoms with E-state index in [4.69, 9.17) is 0 Å². The Bertz CT molecular complexity index is 757. The van der Waals surface area contributed by atoms with Gasteiger partial charge in [-0.3, -0.25) is 0 Å². The molecule has 0 radical (unpaired) electrons. The van der Waals surface area contributed by atoms with Gasteiger partial charge in [-0.15, -0.1) is 0 Å². The summed E-state index contributed by atoms with van der Waals surface area (Å²) in [6.07, 6.45) is 14.5. The van der Waals surface area contributed by atoms with E-state index in [1.165, 1.54) is 6.08 Å². The average molecular weight is 367 g/mol. The summed E-state index contributed by atoms with van der Waals surface area (Å²) in [5.41, 5.74) is 4.04. The number of aliphatic hydroxyl groups is 2. The van der Waals surface area contributed by atoms with Gasteiger partial charge in [-0.2, -0.15) is 0 Å². The first-order valence-corrected chi connectivity index (χ1v) is 9.57. The van der Waals surface area contributed by atoms with Gasteiger partial charge < -0.3 is 10.2 Å². The highest BCUT2D eigenvalue weighted by Crippen LogP contribution is 2.47. The second-order valence-electron chi connectivity index (χ2n) is 5.28. The van der Waals surface area contributed by atoms with Crippen molar-refractivity contribution >= 4 is 17.7 Å². The Kier molecular flexibility index (Phi) is 11.0. The normalized spacial score (nSPS) is 14.7. The molecule has 0 amide bonds. The highest BCUT2D eigenvalue weighted by Gasteiger charge is 2.42. The van der Waals surface area contributed by atoms with Crippen LogP contribution in [0.15, 0.2) is 67.3 Å². The lowest BCUT2D eigenvalue weighted by molar-refractivity contribution is -0.130. The monoisotopic (exact) mass is 366 g/mol. The molecule has 2 N–H and O–H groups in total. The van der Waals surface area contributed by atoms with Crippen LogP contribution in [-0.2, 0) is 5.79 Å². The Balaban J connectivity index is 0.00000158. The van der Waals surface area contributed by atoms with E-state index in [-0.39, 0.29) is 0 Å². The third kappa shape index (κ3) is 5.06. The summed E-state index contributed by atoms with van der Waals surface area (Å²) >= 11 is 0. The Hall–Kier alpha value is -2.42. The maximum Gasteiger partial charge on any atom is 0.219 e. The maximum absolute atomic E-state index is 10.8. The molecule has 0 aromatic heterocycles. The Labute approximate surface area is 165 Å². The van der Waals surface area contributed by atoms with Crippen LogP contribution >= 0.6 is 0 Å². The van der Waals surface area contributed by atoms with Gasteiger partial charge in [-0.05, 0) is 36.1 Å². The van der Waals surface area contributed by atoms with E-state index in [9.17, 15) is 10.2 Å². The summed E-state index contributed by atoms with van der Waals surface area (Å²) in [4.78, 5) is 0. The summed E-state index contributed by atoms with van der Waals surface area (Å²) in [7, 11) is 0. The van der Waals surface area contributed by atoms with E-state index in [1.54, 1.807) is 6.08 Å². The van der Waals surface area contributed by atoms with Gasteiger partial charge in [0.15, 0.2) is 0 Å². The van der Waals surface area contributed by atoms with Crippen LogP contribution in [0.5, 0.6) is 0 Å². The summed E-state index contributed by atoms with van der Waals surface area (Å²) in [6, 6.07) is 3.83. The van der Waals surface area contributed by atoms with Gasteiger partial charge in [0.05, 0.1) is 0 Å². The zero-order valence-electron chi connectivity index (χ0n) is 17.6. The summed E-state index contributed by atoms with van der Waals surface area (Å²) in [6.45, 7) is 19.4. The number of hydrogen-bond donors (Lipinski definition) is 2. The Morgan fingerprint density at radius 2 is 1.48 bits per heavy atom. The fourth-order valence-electron chi connectivity index (χ4n) is 2.92. The molecular formula is C25H34O2. The lowest BCUT2D eigenvalue weighted by atomic mass is 9.92. The minimum absolute atomic E-state index is 0.396. The van der Waals surface area contributed by atoms with Crippen LogP contribution in [-0.4, -0.2) is 10.2 Å². The molecule has 2 rings (SSSR count). The van der Waals surface area contributed by atoms with Crippen molar-refractivity contribution in [1.29, 1.82) is 0 Å². The lowest BCUT2D eigenvalue weighted by Gasteiger charge is -2.22. The molecular weight excluding hydrogens is 332 g/mol. The predicted octanol–water partition coefficient (Wildman–Crippen LogP) is 6.64. The van der Waals surface area contributed by atoms with Gasteiger partial charge in [-0.25, -0.2) is 0 Å². The first kappa shape index (κ1) is 24.6. The number of rotatable bonds is 5. The largest absolute Gasteiger partial charge is 0.358 e. The molecule has 0 saturated heterocycles. The van der Waals surface area contributed by atoms with Crippen molar-refractivity contribution in [3.8, 4) is 0 Å². The van der Waals surface area contributed by atoms with Crippen LogP contribution in [0.25, 0.3) is 17.7 Å². The average Bonchev–Trinajstić information content (AvgIpc) is 2.92. The van der Waals surface area contributed by atoms with Gasteiger partial charge in [0.2, 0.25) is 5.79 Å². The smallest absolute Gasteiger partial charge is 0.219 e. The molecule has 0 bridgehead atoms. The molecule has 0 spiro atoms. The van der Waals surface area contributed by atoms with Crippen molar-refractivity contribution in [2.75, 3.05) is 0 Å². The van der Waals surface area contributed by atoms with E-state index in [0.29, 0.717) is 11.1 Å². The molecule has 0 heterocycles. The Morgan fingerprint density at radius 3 is 1.96 bits per heavy atom. The fraction of sp³-hybridized carbons (Fsp3) is 0.280. The van der Waals surface area contributed by atoms with Gasteiger partial charge in [-0.1, -0.05) is 102 Å². The number of fused-ring (bicyclic) bond motifs is 1. The highest BCUT2D eigenvalue weighted by molar-refractivity contribution is 5.90. The van der Waals surface area contributed by atoms with Crippen LogP contribution in [0, 0.1) is 0 Å². The van der Waals surface area contributed by atoms with Crippen LogP contribution in [0.4, 0.5) is 0 Å². The van der Waals surface area contributed by atoms with Crippen molar-refractivity contribution in [1.82, 2.24) is 0 Å². The molecule has 1 aliphatic carbocycles. The second-order valence-corrected chi connectivity index (χ2v) is 5.28. The van der Waals surface area contributed by atoms with E-state index in [0.717, 1.165) is 22.3 Å². The lowest BCUT2D eigenvalue weighted by Crippen LogP contribution is -2.25. The summed E-state index contributed by atoms with van der Waals surface area (Å²) in [5, 5.41) is 21.5. The molecule has 0 fully saturated rings. The number of benzene rings is 1. The van der Waals surface area contributed by atoms with E-state index < -0.39 is 5.79 Å². The quantitative estimate of drug-likeness (QED) is 0.453. The molecule has 0 saturated carbocycles. The molecule has 1 aliphatic rings. The zero-order chi connectivity index (χ0) is 21.0. The number of allylic oxidation sites excluding steroid dienone is 6. The Morgan fingerprint density at radius 1 is 0.852 bits per heavy atom. The molecule has 146 valence electrons. The molecule has 1 aromatic carbocycles. The van der Waals surface area contributed by atoms with Crippen molar-refractivity contribution < 1.29 is 10.2 Å². The first-order chi connectivity index (χ1) is 13.0. The van der Waals surface area contributed by atoms with E-state index in [2.05, 4.69) is 13.2 Å². The maximum atomic E-state index is 10.8. The van der Waals surface area contributed by atoms with Gasteiger partial charge in [0, 0.05) is 11.1 Å². The highest BCUT2D eigenvalue weighted by atomic mass is 16.5. The van der Waals surface area contributed by atoms with Crippen LogP contribution in [0.1, 0.15) is 63.8 Å². The molecule has 2 heteroatoms. The van der Waals surface area contributed by atoms with Crippen LogP contribution < -0.4 is 0 Å². The minimum Gasteiger partial charge on any atom is -0.358 e. The molecule has 0 unspecified atom stereocenters. The van der Waals surface area contributed by atoms with Crippen molar-refractivity contribution in [3.05, 3.63) is 89.6 Å². The zero-order valence-corrected chi connectivity index (χ0v) is 17.6. The minimum atomic E-state index is -2.07.